The molecule has 0 bridgehead atoms. The number of nitrogens with zero attached hydrogens (tertiary/aromatic N) is 1. The molecule has 0 aliphatic carbocycles. The Morgan fingerprint density at radius 2 is 1.19 bits per heavy atom. The minimum absolute atomic E-state index is 0.248. The van der Waals surface area contributed by atoms with Gasteiger partial charge in [-0.2, -0.15) is 0 Å². The molecule has 0 amide bonds. The highest BCUT2D eigenvalue weighted by Gasteiger charge is 2.55. The molecule has 4 aliphatic heterocycles. The van der Waals surface area contributed by atoms with Crippen LogP contribution in [0.2, 0.25) is 0 Å². The molecular formula is C20H33NO15. The second kappa shape index (κ2) is 11.3. The molecular weight excluding hydrogens is 494 g/mol. The van der Waals surface area contributed by atoms with Crippen LogP contribution in [0.15, 0.2) is 4.99 Å². The molecule has 4 rings (SSSR count). The molecule has 0 aromatic heterocycles. The molecule has 208 valence electrons. The van der Waals surface area contributed by atoms with Gasteiger partial charge in [-0.25, -0.2) is 4.99 Å². The molecule has 15 atom stereocenters. The number of rotatable bonds is 7. The molecule has 0 saturated carbocycles. The van der Waals surface area contributed by atoms with E-state index in [1.807, 2.05) is 0 Å². The van der Waals surface area contributed by atoms with Crippen molar-refractivity contribution in [3.63, 3.8) is 0 Å². The lowest BCUT2D eigenvalue weighted by molar-refractivity contribution is -0.382. The van der Waals surface area contributed by atoms with Crippen LogP contribution in [0.3, 0.4) is 0 Å². The monoisotopic (exact) mass is 527 g/mol. The molecule has 15 unspecified atom stereocenters. The highest BCUT2D eigenvalue weighted by Crippen LogP contribution is 2.34. The maximum atomic E-state index is 10.9. The van der Waals surface area contributed by atoms with Gasteiger partial charge in [0, 0.05) is 6.92 Å². The van der Waals surface area contributed by atoms with Crippen LogP contribution in [0.1, 0.15) is 6.92 Å². The molecule has 0 aromatic carbocycles. The van der Waals surface area contributed by atoms with Gasteiger partial charge in [0.05, 0.1) is 19.8 Å². The Hall–Kier alpha value is -1.09. The van der Waals surface area contributed by atoms with E-state index in [9.17, 15) is 46.0 Å². The summed E-state index contributed by atoms with van der Waals surface area (Å²) < 4.78 is 33.3. The standard InChI is InChI=1S/C20H33NO15/c1-5-21-9-12(27)16(8(4-24)34-18(9)31-5)35-20-17(14(29)11(26)7(3-23)33-20)36-19-15(30)13(28)10(25)6(2-22)32-19/h6-20,22-30H,2-4H2,1H3. The lowest BCUT2D eigenvalue weighted by atomic mass is 9.95. The quantitative estimate of drug-likeness (QED) is 0.149. The Kier molecular flexibility index (Phi) is 8.80. The average molecular weight is 527 g/mol. The summed E-state index contributed by atoms with van der Waals surface area (Å²) in [5, 5.41) is 91.2. The summed E-state index contributed by atoms with van der Waals surface area (Å²) in [6.45, 7) is -0.540. The predicted molar refractivity (Wildman–Crippen MR) is 111 cm³/mol. The molecule has 4 aliphatic rings. The van der Waals surface area contributed by atoms with E-state index < -0.39 is 112 Å². The zero-order valence-corrected chi connectivity index (χ0v) is 19.2. The van der Waals surface area contributed by atoms with Crippen molar-refractivity contribution in [3.05, 3.63) is 0 Å². The van der Waals surface area contributed by atoms with Crippen LogP contribution in [0.5, 0.6) is 0 Å². The summed E-state index contributed by atoms with van der Waals surface area (Å²) >= 11 is 0. The van der Waals surface area contributed by atoms with Crippen molar-refractivity contribution in [2.75, 3.05) is 19.8 Å². The molecule has 16 heteroatoms. The Labute approximate surface area is 204 Å². The van der Waals surface area contributed by atoms with Crippen LogP contribution in [0.4, 0.5) is 0 Å². The van der Waals surface area contributed by atoms with E-state index in [1.165, 1.54) is 0 Å². The SMILES string of the molecule is CC1=NC2C(O1)OC(CO)C(OC1OC(CO)C(O)C(O)C1OC1OC(CO)C(O)C(O)C1O)C2O. The van der Waals surface area contributed by atoms with Crippen LogP contribution in [0.25, 0.3) is 0 Å². The number of ether oxygens (including phenoxy) is 6. The van der Waals surface area contributed by atoms with E-state index in [2.05, 4.69) is 4.99 Å². The normalized spacial score (nSPS) is 51.4. The lowest BCUT2D eigenvalue weighted by Gasteiger charge is -2.48. The van der Waals surface area contributed by atoms with Crippen LogP contribution in [0, 0.1) is 0 Å². The average Bonchev–Trinajstić information content (AvgIpc) is 3.25. The lowest BCUT2D eigenvalue weighted by Crippen LogP contribution is -2.66. The van der Waals surface area contributed by atoms with Crippen molar-refractivity contribution in [2.24, 2.45) is 4.99 Å². The van der Waals surface area contributed by atoms with E-state index in [0.29, 0.717) is 0 Å². The fraction of sp³-hybridized carbons (Fsp3) is 0.950. The van der Waals surface area contributed by atoms with Gasteiger partial charge in [-0.3, -0.25) is 0 Å². The fourth-order valence-electron chi connectivity index (χ4n) is 4.66. The number of hydrogen-bond acceptors (Lipinski definition) is 16. The van der Waals surface area contributed by atoms with Crippen molar-refractivity contribution >= 4 is 5.90 Å². The number of hydrogen-bond donors (Lipinski definition) is 9. The summed E-state index contributed by atoms with van der Waals surface area (Å²) in [4.78, 5) is 4.15. The Morgan fingerprint density at radius 1 is 0.639 bits per heavy atom. The van der Waals surface area contributed by atoms with E-state index in [0.717, 1.165) is 0 Å². The molecule has 16 nitrogen and oxygen atoms in total. The van der Waals surface area contributed by atoms with E-state index in [-0.39, 0.29) is 5.90 Å². The van der Waals surface area contributed by atoms with Gasteiger partial charge in [0.1, 0.15) is 73.2 Å². The minimum atomic E-state index is -1.84. The Morgan fingerprint density at radius 3 is 1.81 bits per heavy atom. The topological polar surface area (TPSA) is 250 Å². The third kappa shape index (κ3) is 5.12. The van der Waals surface area contributed by atoms with Crippen LogP contribution in [-0.4, -0.2) is 164 Å². The van der Waals surface area contributed by atoms with Gasteiger partial charge in [-0.15, -0.1) is 0 Å². The molecule has 4 heterocycles. The van der Waals surface area contributed by atoms with Gasteiger partial charge in [-0.1, -0.05) is 0 Å². The second-order valence-electron chi connectivity index (χ2n) is 9.08. The minimum Gasteiger partial charge on any atom is -0.450 e. The molecule has 0 aromatic rings. The first-order valence-corrected chi connectivity index (χ1v) is 11.5. The molecule has 3 fully saturated rings. The van der Waals surface area contributed by atoms with Crippen LogP contribution in [-0.2, 0) is 28.4 Å². The van der Waals surface area contributed by atoms with Gasteiger partial charge in [-0.05, 0) is 0 Å². The number of aliphatic hydroxyl groups excluding tert-OH is 9. The van der Waals surface area contributed by atoms with Crippen LogP contribution >= 0.6 is 0 Å². The maximum absolute atomic E-state index is 10.9. The summed E-state index contributed by atoms with van der Waals surface area (Å²) in [5.41, 5.74) is 0. The number of aliphatic hydroxyl groups is 9. The molecule has 9 N–H and O–H groups in total. The van der Waals surface area contributed by atoms with Gasteiger partial charge in [0.2, 0.25) is 6.29 Å². The Balaban J connectivity index is 1.57. The largest absolute Gasteiger partial charge is 0.450 e. The summed E-state index contributed by atoms with van der Waals surface area (Å²) in [5.74, 6) is 0.248. The fourth-order valence-corrected chi connectivity index (χ4v) is 4.66. The number of aliphatic imine (C=N–C) groups is 1. The zero-order chi connectivity index (χ0) is 26.3. The second-order valence-corrected chi connectivity index (χ2v) is 9.08. The third-order valence-corrected chi connectivity index (χ3v) is 6.69. The molecule has 3 saturated heterocycles. The van der Waals surface area contributed by atoms with E-state index in [4.69, 9.17) is 28.4 Å². The van der Waals surface area contributed by atoms with Crippen molar-refractivity contribution in [3.8, 4) is 0 Å². The predicted octanol–water partition coefficient (Wildman–Crippen LogP) is -6.11. The first kappa shape index (κ1) is 27.9. The smallest absolute Gasteiger partial charge is 0.227 e. The number of fused-ring (bicyclic) bond motifs is 1. The molecule has 0 spiro atoms. The zero-order valence-electron chi connectivity index (χ0n) is 19.2. The van der Waals surface area contributed by atoms with Crippen LogP contribution < -0.4 is 0 Å². The molecule has 36 heavy (non-hydrogen) atoms. The van der Waals surface area contributed by atoms with Crippen molar-refractivity contribution in [1.82, 2.24) is 0 Å². The van der Waals surface area contributed by atoms with Gasteiger partial charge < -0.3 is 74.4 Å². The Bertz CT molecular complexity index is 771. The van der Waals surface area contributed by atoms with Gasteiger partial charge in [0.15, 0.2) is 18.5 Å². The first-order chi connectivity index (χ1) is 17.1. The first-order valence-electron chi connectivity index (χ1n) is 11.5. The summed E-state index contributed by atoms with van der Waals surface area (Å²) in [6, 6.07) is -0.907. The molecule has 0 radical (unpaired) electrons. The summed E-state index contributed by atoms with van der Waals surface area (Å²) in [7, 11) is 0. The van der Waals surface area contributed by atoms with Gasteiger partial charge >= 0.3 is 0 Å². The van der Waals surface area contributed by atoms with E-state index in [1.54, 1.807) is 6.92 Å². The highest BCUT2D eigenvalue weighted by molar-refractivity contribution is 5.75. The van der Waals surface area contributed by atoms with Crippen molar-refractivity contribution in [2.45, 2.75) is 99.0 Å². The van der Waals surface area contributed by atoms with E-state index >= 15 is 0 Å². The maximum Gasteiger partial charge on any atom is 0.227 e. The van der Waals surface area contributed by atoms with Gasteiger partial charge in [0.25, 0.3) is 0 Å². The van der Waals surface area contributed by atoms with Crippen molar-refractivity contribution < 1.29 is 74.4 Å². The summed E-state index contributed by atoms with van der Waals surface area (Å²) in [6.07, 6.45) is -21.3. The van der Waals surface area contributed by atoms with Crippen molar-refractivity contribution in [1.29, 1.82) is 0 Å². The highest BCUT2D eigenvalue weighted by atomic mass is 16.8. The third-order valence-electron chi connectivity index (χ3n) is 6.69.